The van der Waals surface area contributed by atoms with E-state index in [0.29, 0.717) is 6.42 Å². The molecule has 1 aromatic carbocycles. The lowest BCUT2D eigenvalue weighted by atomic mass is 10.1. The molecule has 0 bridgehead atoms. The number of benzene rings is 1. The summed E-state index contributed by atoms with van der Waals surface area (Å²) in [6, 6.07) is 5.82. The van der Waals surface area contributed by atoms with Gasteiger partial charge in [-0.25, -0.2) is 4.98 Å². The van der Waals surface area contributed by atoms with Gasteiger partial charge in [0, 0.05) is 13.0 Å². The molecule has 1 unspecified atom stereocenters. The second-order valence-corrected chi connectivity index (χ2v) is 5.15. The summed E-state index contributed by atoms with van der Waals surface area (Å²) in [5.74, 6) is 0.789. The lowest BCUT2D eigenvalue weighted by molar-refractivity contribution is 0.169. The molecule has 0 aliphatic carbocycles. The Hall–Kier alpha value is -1.33. The quantitative estimate of drug-likeness (QED) is 0.919. The molecule has 2 rings (SSSR count). The van der Waals surface area contributed by atoms with Gasteiger partial charge in [0.2, 0.25) is 0 Å². The Bertz CT molecular complexity index is 554. The first kappa shape index (κ1) is 14.1. The number of ether oxygens (including phenoxy) is 1. The number of halogens is 1. The number of methoxy groups -OCH3 is 1. The summed E-state index contributed by atoms with van der Waals surface area (Å²) in [6.07, 6.45) is 3.45. The third-order valence-electron chi connectivity index (χ3n) is 3.07. The second kappa shape index (κ2) is 6.21. The number of rotatable bonds is 5. The highest BCUT2D eigenvalue weighted by molar-refractivity contribution is 9.10. The molecule has 0 aliphatic rings. The van der Waals surface area contributed by atoms with E-state index < -0.39 is 6.10 Å². The Kier molecular flexibility index (Phi) is 4.61. The number of aliphatic hydroxyl groups excluding tert-OH is 1. The third kappa shape index (κ3) is 3.16. The first-order chi connectivity index (χ1) is 9.15. The van der Waals surface area contributed by atoms with Gasteiger partial charge in [-0.3, -0.25) is 0 Å². The summed E-state index contributed by atoms with van der Waals surface area (Å²) in [5.41, 5.74) is 1.89. The molecule has 0 radical (unpaired) electrons. The largest absolute Gasteiger partial charge is 0.496 e. The molecule has 1 aromatic heterocycles. The minimum Gasteiger partial charge on any atom is -0.496 e. The molecule has 4 nitrogen and oxygen atoms in total. The lowest BCUT2D eigenvalue weighted by Crippen LogP contribution is -2.08. The van der Waals surface area contributed by atoms with Crippen LogP contribution in [0, 0.1) is 0 Å². The first-order valence-corrected chi connectivity index (χ1v) is 6.95. The molecule has 1 atom stereocenters. The minimum absolute atomic E-state index is 0.550. The molecule has 0 saturated heterocycles. The molecule has 0 aliphatic heterocycles. The number of nitrogens with zero attached hydrogens (tertiary/aromatic N) is 2. The zero-order valence-electron chi connectivity index (χ0n) is 11.0. The number of aryl methyl sites for hydroxylation is 1. The molecular formula is C14H17BrN2O2. The van der Waals surface area contributed by atoms with Crippen LogP contribution < -0.4 is 4.74 Å². The van der Waals surface area contributed by atoms with Crippen LogP contribution in [0.4, 0.5) is 0 Å². The van der Waals surface area contributed by atoms with Crippen LogP contribution >= 0.6 is 15.9 Å². The lowest BCUT2D eigenvalue weighted by Gasteiger charge is -2.13. The van der Waals surface area contributed by atoms with E-state index >= 15 is 0 Å². The van der Waals surface area contributed by atoms with Gasteiger partial charge in [-0.1, -0.05) is 6.07 Å². The standard InChI is InChI=1S/C14H17BrN2O2/c1-3-17-9-16-8-12(17)13(18)7-10-4-5-14(19-2)11(15)6-10/h4-6,8-9,13,18H,3,7H2,1-2H3. The van der Waals surface area contributed by atoms with Crippen LogP contribution in [-0.4, -0.2) is 21.8 Å². The first-order valence-electron chi connectivity index (χ1n) is 6.16. The maximum Gasteiger partial charge on any atom is 0.133 e. The monoisotopic (exact) mass is 324 g/mol. The van der Waals surface area contributed by atoms with Gasteiger partial charge in [0.05, 0.1) is 35.9 Å². The van der Waals surface area contributed by atoms with Crippen LogP contribution in [0.3, 0.4) is 0 Å². The van der Waals surface area contributed by atoms with E-state index in [1.165, 1.54) is 0 Å². The number of aromatic nitrogens is 2. The average molecular weight is 325 g/mol. The molecule has 2 aromatic rings. The number of aliphatic hydroxyl groups is 1. The summed E-state index contributed by atoms with van der Waals surface area (Å²) in [7, 11) is 1.63. The van der Waals surface area contributed by atoms with Crippen LogP contribution in [-0.2, 0) is 13.0 Å². The zero-order chi connectivity index (χ0) is 13.8. The summed E-state index contributed by atoms with van der Waals surface area (Å²) >= 11 is 3.45. The van der Waals surface area contributed by atoms with E-state index in [9.17, 15) is 5.11 Å². The van der Waals surface area contributed by atoms with Gasteiger partial charge < -0.3 is 14.4 Å². The molecule has 0 fully saturated rings. The average Bonchev–Trinajstić information content (AvgIpc) is 2.87. The SMILES string of the molecule is CCn1cncc1C(O)Cc1ccc(OC)c(Br)c1. The molecule has 0 saturated carbocycles. The van der Waals surface area contributed by atoms with Crippen molar-refractivity contribution in [1.29, 1.82) is 0 Å². The van der Waals surface area contributed by atoms with Gasteiger partial charge in [-0.2, -0.15) is 0 Å². The highest BCUT2D eigenvalue weighted by atomic mass is 79.9. The predicted octanol–water partition coefficient (Wildman–Crippen LogP) is 2.95. The van der Waals surface area contributed by atoms with E-state index in [1.54, 1.807) is 19.6 Å². The van der Waals surface area contributed by atoms with E-state index in [-0.39, 0.29) is 0 Å². The van der Waals surface area contributed by atoms with Gasteiger partial charge in [0.25, 0.3) is 0 Å². The molecule has 102 valence electrons. The second-order valence-electron chi connectivity index (χ2n) is 4.29. The van der Waals surface area contributed by atoms with Gasteiger partial charge in [-0.05, 0) is 40.5 Å². The Morgan fingerprint density at radius 1 is 1.47 bits per heavy atom. The number of imidazole rings is 1. The number of hydrogen-bond acceptors (Lipinski definition) is 3. The fourth-order valence-corrected chi connectivity index (χ4v) is 2.63. The van der Waals surface area contributed by atoms with Crippen molar-refractivity contribution >= 4 is 15.9 Å². The maximum absolute atomic E-state index is 10.3. The Morgan fingerprint density at radius 2 is 2.26 bits per heavy atom. The van der Waals surface area contributed by atoms with Crippen molar-refractivity contribution in [3.05, 3.63) is 46.5 Å². The van der Waals surface area contributed by atoms with Crippen molar-refractivity contribution < 1.29 is 9.84 Å². The molecule has 0 spiro atoms. The van der Waals surface area contributed by atoms with Crippen LogP contribution in [0.1, 0.15) is 24.3 Å². The zero-order valence-corrected chi connectivity index (χ0v) is 12.6. The Balaban J connectivity index is 2.15. The molecule has 0 amide bonds. The van der Waals surface area contributed by atoms with Crippen molar-refractivity contribution in [2.75, 3.05) is 7.11 Å². The van der Waals surface area contributed by atoms with Crippen molar-refractivity contribution in [3.63, 3.8) is 0 Å². The fraction of sp³-hybridized carbons (Fsp3) is 0.357. The van der Waals surface area contributed by atoms with E-state index in [4.69, 9.17) is 4.74 Å². The maximum atomic E-state index is 10.3. The molecular weight excluding hydrogens is 308 g/mol. The number of hydrogen-bond donors (Lipinski definition) is 1. The highest BCUT2D eigenvalue weighted by Gasteiger charge is 2.13. The van der Waals surface area contributed by atoms with Crippen molar-refractivity contribution in [1.82, 2.24) is 9.55 Å². The summed E-state index contributed by atoms with van der Waals surface area (Å²) < 4.78 is 8.03. The minimum atomic E-state index is -0.553. The predicted molar refractivity (Wildman–Crippen MR) is 77.3 cm³/mol. The van der Waals surface area contributed by atoms with Gasteiger partial charge in [0.15, 0.2) is 0 Å². The van der Waals surface area contributed by atoms with Crippen molar-refractivity contribution in [2.45, 2.75) is 26.0 Å². The normalized spacial score (nSPS) is 12.4. The summed E-state index contributed by atoms with van der Waals surface area (Å²) in [4.78, 5) is 4.07. The molecule has 1 N–H and O–H groups in total. The smallest absolute Gasteiger partial charge is 0.133 e. The molecule has 5 heteroatoms. The van der Waals surface area contributed by atoms with Crippen LogP contribution in [0.25, 0.3) is 0 Å². The van der Waals surface area contributed by atoms with Crippen LogP contribution in [0.5, 0.6) is 5.75 Å². The topological polar surface area (TPSA) is 47.3 Å². The molecule has 1 heterocycles. The van der Waals surface area contributed by atoms with E-state index in [1.807, 2.05) is 29.7 Å². The van der Waals surface area contributed by atoms with Gasteiger partial charge >= 0.3 is 0 Å². The van der Waals surface area contributed by atoms with E-state index in [0.717, 1.165) is 28.0 Å². The highest BCUT2D eigenvalue weighted by Crippen LogP contribution is 2.27. The summed E-state index contributed by atoms with van der Waals surface area (Å²) in [5, 5.41) is 10.3. The Morgan fingerprint density at radius 3 is 2.89 bits per heavy atom. The van der Waals surface area contributed by atoms with Gasteiger partial charge in [-0.15, -0.1) is 0 Å². The van der Waals surface area contributed by atoms with E-state index in [2.05, 4.69) is 20.9 Å². The van der Waals surface area contributed by atoms with Crippen LogP contribution in [0.2, 0.25) is 0 Å². The molecule has 19 heavy (non-hydrogen) atoms. The van der Waals surface area contributed by atoms with Crippen molar-refractivity contribution in [3.8, 4) is 5.75 Å². The fourth-order valence-electron chi connectivity index (χ4n) is 2.04. The summed E-state index contributed by atoms with van der Waals surface area (Å²) in [6.45, 7) is 2.83. The van der Waals surface area contributed by atoms with Gasteiger partial charge in [0.1, 0.15) is 5.75 Å². The van der Waals surface area contributed by atoms with Crippen molar-refractivity contribution in [2.24, 2.45) is 0 Å². The Labute approximate surface area is 121 Å². The third-order valence-corrected chi connectivity index (χ3v) is 3.69. The van der Waals surface area contributed by atoms with Crippen LogP contribution in [0.15, 0.2) is 35.2 Å².